The van der Waals surface area contributed by atoms with Crippen molar-refractivity contribution in [3.63, 3.8) is 0 Å². The highest BCUT2D eigenvalue weighted by atomic mass is 16.1. The molecule has 1 N–H and O–H groups in total. The van der Waals surface area contributed by atoms with Crippen molar-refractivity contribution in [1.82, 2.24) is 19.6 Å². The van der Waals surface area contributed by atoms with Crippen LogP contribution < -0.4 is 5.32 Å². The number of rotatable bonds is 6. The van der Waals surface area contributed by atoms with Gasteiger partial charge in [0.15, 0.2) is 0 Å². The van der Waals surface area contributed by atoms with E-state index < -0.39 is 0 Å². The molecule has 3 rings (SSSR count). The summed E-state index contributed by atoms with van der Waals surface area (Å²) in [5.74, 6) is -0.0467. The van der Waals surface area contributed by atoms with Crippen LogP contribution in [0.4, 0.5) is 5.69 Å². The van der Waals surface area contributed by atoms with Crippen molar-refractivity contribution in [3.05, 3.63) is 66.2 Å². The topological polar surface area (TPSA) is 64.7 Å². The SMILES string of the molecule is CCn1cc(Cn2cc(NC(=O)Cc3ccccc3)cn2)cn1. The number of amides is 1. The number of benzene rings is 1. The van der Waals surface area contributed by atoms with Gasteiger partial charge in [-0.05, 0) is 12.5 Å². The quantitative estimate of drug-likeness (QED) is 0.760. The van der Waals surface area contributed by atoms with Crippen molar-refractivity contribution in [2.45, 2.75) is 26.4 Å². The highest BCUT2D eigenvalue weighted by Gasteiger charge is 2.06. The Kier molecular flexibility index (Phi) is 4.52. The fraction of sp³-hybridized carbons (Fsp3) is 0.235. The van der Waals surface area contributed by atoms with Gasteiger partial charge in [-0.3, -0.25) is 14.2 Å². The zero-order valence-electron chi connectivity index (χ0n) is 13.0. The van der Waals surface area contributed by atoms with E-state index in [-0.39, 0.29) is 5.91 Å². The van der Waals surface area contributed by atoms with E-state index in [9.17, 15) is 4.79 Å². The van der Waals surface area contributed by atoms with Crippen molar-refractivity contribution in [1.29, 1.82) is 0 Å². The first-order chi connectivity index (χ1) is 11.2. The summed E-state index contributed by atoms with van der Waals surface area (Å²) in [5.41, 5.74) is 2.77. The molecule has 0 spiro atoms. The molecule has 0 radical (unpaired) electrons. The van der Waals surface area contributed by atoms with Crippen molar-refractivity contribution in [3.8, 4) is 0 Å². The molecule has 2 aromatic heterocycles. The van der Waals surface area contributed by atoms with Crippen LogP contribution in [0, 0.1) is 0 Å². The molecule has 2 heterocycles. The molecule has 0 saturated heterocycles. The smallest absolute Gasteiger partial charge is 0.228 e. The molecule has 0 unspecified atom stereocenters. The lowest BCUT2D eigenvalue weighted by molar-refractivity contribution is -0.115. The van der Waals surface area contributed by atoms with Gasteiger partial charge in [-0.25, -0.2) is 0 Å². The number of aromatic nitrogens is 4. The Bertz CT molecular complexity index is 775. The number of hydrogen-bond donors (Lipinski definition) is 1. The number of carbonyl (C=O) groups is 1. The third-order valence-electron chi connectivity index (χ3n) is 3.48. The minimum absolute atomic E-state index is 0.0467. The van der Waals surface area contributed by atoms with Gasteiger partial charge in [0.05, 0.1) is 31.0 Å². The second kappa shape index (κ2) is 6.91. The van der Waals surface area contributed by atoms with Gasteiger partial charge in [-0.1, -0.05) is 30.3 Å². The van der Waals surface area contributed by atoms with Gasteiger partial charge in [0.2, 0.25) is 5.91 Å². The van der Waals surface area contributed by atoms with E-state index in [2.05, 4.69) is 15.5 Å². The Morgan fingerprint density at radius 2 is 1.83 bits per heavy atom. The molecule has 23 heavy (non-hydrogen) atoms. The largest absolute Gasteiger partial charge is 0.323 e. The summed E-state index contributed by atoms with van der Waals surface area (Å²) in [6, 6.07) is 9.67. The van der Waals surface area contributed by atoms with Crippen LogP contribution in [-0.4, -0.2) is 25.5 Å². The van der Waals surface area contributed by atoms with Gasteiger partial charge in [0.1, 0.15) is 0 Å². The normalized spacial score (nSPS) is 10.7. The van der Waals surface area contributed by atoms with E-state index >= 15 is 0 Å². The predicted octanol–water partition coefficient (Wildman–Crippen LogP) is 2.33. The average Bonchev–Trinajstić information content (AvgIpc) is 3.18. The Hall–Kier alpha value is -2.89. The third-order valence-corrected chi connectivity index (χ3v) is 3.48. The number of carbonyl (C=O) groups excluding carboxylic acids is 1. The lowest BCUT2D eigenvalue weighted by Crippen LogP contribution is -2.13. The molecule has 0 aliphatic carbocycles. The van der Waals surface area contributed by atoms with E-state index in [4.69, 9.17) is 0 Å². The van der Waals surface area contributed by atoms with Crippen LogP contribution in [0.1, 0.15) is 18.1 Å². The summed E-state index contributed by atoms with van der Waals surface area (Å²) < 4.78 is 3.66. The van der Waals surface area contributed by atoms with Gasteiger partial charge >= 0.3 is 0 Å². The van der Waals surface area contributed by atoms with Crippen LogP contribution in [0.3, 0.4) is 0 Å². The van der Waals surface area contributed by atoms with Crippen molar-refractivity contribution in [2.75, 3.05) is 5.32 Å². The number of hydrogen-bond acceptors (Lipinski definition) is 3. The molecule has 0 aliphatic rings. The Morgan fingerprint density at radius 3 is 2.57 bits per heavy atom. The van der Waals surface area contributed by atoms with Gasteiger partial charge in [0.25, 0.3) is 0 Å². The number of aryl methyl sites for hydroxylation is 1. The van der Waals surface area contributed by atoms with E-state index in [1.54, 1.807) is 10.9 Å². The average molecular weight is 309 g/mol. The maximum atomic E-state index is 12.0. The number of nitrogens with one attached hydrogen (secondary N) is 1. The molecule has 0 fully saturated rings. The summed E-state index contributed by atoms with van der Waals surface area (Å²) in [5, 5.41) is 11.4. The van der Waals surface area contributed by atoms with Crippen LogP contribution in [0.2, 0.25) is 0 Å². The van der Waals surface area contributed by atoms with Crippen molar-refractivity contribution in [2.24, 2.45) is 0 Å². The second-order valence-electron chi connectivity index (χ2n) is 5.34. The van der Waals surface area contributed by atoms with E-state index in [1.807, 2.05) is 60.5 Å². The molecular formula is C17H19N5O. The minimum atomic E-state index is -0.0467. The highest BCUT2D eigenvalue weighted by Crippen LogP contribution is 2.09. The lowest BCUT2D eigenvalue weighted by atomic mass is 10.1. The van der Waals surface area contributed by atoms with E-state index in [0.29, 0.717) is 18.7 Å². The fourth-order valence-electron chi connectivity index (χ4n) is 2.35. The molecule has 0 bridgehead atoms. The zero-order valence-corrected chi connectivity index (χ0v) is 13.0. The molecule has 0 saturated carbocycles. The van der Waals surface area contributed by atoms with Gasteiger partial charge in [-0.15, -0.1) is 0 Å². The van der Waals surface area contributed by atoms with E-state index in [1.165, 1.54) is 0 Å². The predicted molar refractivity (Wildman–Crippen MR) is 88.0 cm³/mol. The lowest BCUT2D eigenvalue weighted by Gasteiger charge is -2.02. The summed E-state index contributed by atoms with van der Waals surface area (Å²) in [4.78, 5) is 12.0. The first kappa shape index (κ1) is 15.0. The highest BCUT2D eigenvalue weighted by molar-refractivity contribution is 5.91. The molecular weight excluding hydrogens is 290 g/mol. The monoisotopic (exact) mass is 309 g/mol. The molecule has 1 amide bonds. The van der Waals surface area contributed by atoms with Crippen LogP contribution in [0.15, 0.2) is 55.1 Å². The molecule has 118 valence electrons. The summed E-state index contributed by atoms with van der Waals surface area (Å²) in [7, 11) is 0. The Labute approximate surface area is 134 Å². The number of anilines is 1. The summed E-state index contributed by atoms with van der Waals surface area (Å²) >= 11 is 0. The number of nitrogens with zero attached hydrogens (tertiary/aromatic N) is 4. The van der Waals surface area contributed by atoms with Crippen LogP contribution in [-0.2, 0) is 24.3 Å². The van der Waals surface area contributed by atoms with Gasteiger partial charge in [-0.2, -0.15) is 10.2 Å². The van der Waals surface area contributed by atoms with Crippen LogP contribution >= 0.6 is 0 Å². The molecule has 6 nitrogen and oxygen atoms in total. The van der Waals surface area contributed by atoms with Crippen LogP contribution in [0.5, 0.6) is 0 Å². The maximum absolute atomic E-state index is 12.0. The minimum Gasteiger partial charge on any atom is -0.323 e. The maximum Gasteiger partial charge on any atom is 0.228 e. The molecule has 0 aliphatic heterocycles. The first-order valence-corrected chi connectivity index (χ1v) is 7.60. The molecule has 1 aromatic carbocycles. The van der Waals surface area contributed by atoms with Crippen molar-refractivity contribution < 1.29 is 4.79 Å². The third kappa shape index (κ3) is 4.06. The Balaban J connectivity index is 1.57. The standard InChI is InChI=1S/C17H19N5O/c1-2-21-11-15(9-18-21)12-22-13-16(10-19-22)20-17(23)8-14-6-4-3-5-7-14/h3-7,9-11,13H,2,8,12H2,1H3,(H,20,23). The van der Waals surface area contributed by atoms with E-state index in [0.717, 1.165) is 17.7 Å². The van der Waals surface area contributed by atoms with Crippen molar-refractivity contribution >= 4 is 11.6 Å². The van der Waals surface area contributed by atoms with Gasteiger partial charge in [0, 0.05) is 24.5 Å². The molecule has 3 aromatic rings. The second-order valence-corrected chi connectivity index (χ2v) is 5.34. The fourth-order valence-corrected chi connectivity index (χ4v) is 2.35. The molecule has 6 heteroatoms. The summed E-state index contributed by atoms with van der Waals surface area (Å²) in [6.45, 7) is 3.53. The molecule has 0 atom stereocenters. The zero-order chi connectivity index (χ0) is 16.1. The van der Waals surface area contributed by atoms with Crippen LogP contribution in [0.25, 0.3) is 0 Å². The Morgan fingerprint density at radius 1 is 1.04 bits per heavy atom. The van der Waals surface area contributed by atoms with Gasteiger partial charge < -0.3 is 5.32 Å². The summed E-state index contributed by atoms with van der Waals surface area (Å²) in [6.07, 6.45) is 7.67. The first-order valence-electron chi connectivity index (χ1n) is 7.60.